The van der Waals surface area contributed by atoms with E-state index in [0.717, 1.165) is 16.5 Å². The maximum atomic E-state index is 11.7. The van der Waals surface area contributed by atoms with E-state index < -0.39 is 12.1 Å². The normalized spacial score (nSPS) is 11.9. The number of nitrogens with zero attached hydrogens (tertiary/aromatic N) is 2. The van der Waals surface area contributed by atoms with Gasteiger partial charge in [0.1, 0.15) is 16.7 Å². The summed E-state index contributed by atoms with van der Waals surface area (Å²) in [4.78, 5) is 18.0. The van der Waals surface area contributed by atoms with Gasteiger partial charge in [-0.25, -0.2) is 9.78 Å². The van der Waals surface area contributed by atoms with Gasteiger partial charge in [0.15, 0.2) is 6.10 Å². The van der Waals surface area contributed by atoms with E-state index in [2.05, 4.69) is 4.98 Å². The topological polar surface area (TPSA) is 51.7 Å². The Bertz CT molecular complexity index is 1040. The minimum atomic E-state index is -0.684. The fourth-order valence-electron chi connectivity index (χ4n) is 2.76. The van der Waals surface area contributed by atoms with E-state index in [1.165, 1.54) is 0 Å². The number of hydrogen-bond acceptors (Lipinski definition) is 5. The van der Waals surface area contributed by atoms with Gasteiger partial charge < -0.3 is 14.4 Å². The van der Waals surface area contributed by atoms with Crippen LogP contribution in [0.4, 0.5) is 11.5 Å². The van der Waals surface area contributed by atoms with Crippen molar-refractivity contribution in [2.45, 2.75) is 20.0 Å². The van der Waals surface area contributed by atoms with Gasteiger partial charge in [-0.15, -0.1) is 0 Å². The zero-order valence-electron chi connectivity index (χ0n) is 16.1. The quantitative estimate of drug-likeness (QED) is 0.324. The number of esters is 1. The first-order valence-electron chi connectivity index (χ1n) is 8.92. The van der Waals surface area contributed by atoms with Crippen molar-refractivity contribution in [3.8, 4) is 5.75 Å². The molecule has 0 bridgehead atoms. The number of halogens is 3. The van der Waals surface area contributed by atoms with Gasteiger partial charge in [-0.2, -0.15) is 0 Å². The standard InChI is InChI=1S/C21H19Cl3N2O3/c1-4-28-21(27)12(2)29-15-7-5-14(6-8-15)26(3)19-10-13-9-17(22)18(23)11-16(13)20(24)25-19/h5-12H,4H2,1-3H3. The molecule has 1 atom stereocenters. The molecule has 0 aliphatic rings. The first-order valence-corrected chi connectivity index (χ1v) is 10.1. The lowest BCUT2D eigenvalue weighted by Crippen LogP contribution is -2.26. The maximum absolute atomic E-state index is 11.7. The van der Waals surface area contributed by atoms with Crippen molar-refractivity contribution >= 4 is 63.0 Å². The number of aromatic nitrogens is 1. The average Bonchev–Trinajstić information content (AvgIpc) is 2.69. The zero-order chi connectivity index (χ0) is 21.1. The fourth-order valence-corrected chi connectivity index (χ4v) is 3.34. The highest BCUT2D eigenvalue weighted by Gasteiger charge is 2.16. The number of anilines is 2. The second-order valence-corrected chi connectivity index (χ2v) is 7.50. The van der Waals surface area contributed by atoms with Crippen LogP contribution in [-0.2, 0) is 9.53 Å². The van der Waals surface area contributed by atoms with Gasteiger partial charge in [0.25, 0.3) is 0 Å². The number of benzene rings is 2. The van der Waals surface area contributed by atoms with Crippen LogP contribution in [0.25, 0.3) is 10.8 Å². The van der Waals surface area contributed by atoms with Crippen LogP contribution in [0.1, 0.15) is 13.8 Å². The van der Waals surface area contributed by atoms with Crippen molar-refractivity contribution in [1.82, 2.24) is 4.98 Å². The zero-order valence-corrected chi connectivity index (χ0v) is 18.3. The molecule has 0 saturated carbocycles. The highest BCUT2D eigenvalue weighted by Crippen LogP contribution is 2.34. The average molecular weight is 454 g/mol. The van der Waals surface area contributed by atoms with Crippen LogP contribution in [0.3, 0.4) is 0 Å². The molecule has 0 radical (unpaired) electrons. The Morgan fingerprint density at radius 1 is 1.10 bits per heavy atom. The summed E-state index contributed by atoms with van der Waals surface area (Å²) >= 11 is 18.6. The number of carbonyl (C=O) groups is 1. The largest absolute Gasteiger partial charge is 0.479 e. The summed E-state index contributed by atoms with van der Waals surface area (Å²) in [5.41, 5.74) is 0.865. The van der Waals surface area contributed by atoms with Crippen molar-refractivity contribution in [2.24, 2.45) is 0 Å². The Kier molecular flexibility index (Phi) is 6.73. The summed E-state index contributed by atoms with van der Waals surface area (Å²) in [6.07, 6.45) is -0.684. The summed E-state index contributed by atoms with van der Waals surface area (Å²) < 4.78 is 10.6. The molecule has 0 N–H and O–H groups in total. The summed E-state index contributed by atoms with van der Waals surface area (Å²) in [7, 11) is 1.87. The van der Waals surface area contributed by atoms with E-state index in [-0.39, 0.29) is 0 Å². The molecule has 1 unspecified atom stereocenters. The molecule has 0 amide bonds. The van der Waals surface area contributed by atoms with E-state index in [4.69, 9.17) is 44.3 Å². The minimum Gasteiger partial charge on any atom is -0.479 e. The molecule has 0 aliphatic carbocycles. The second kappa shape index (κ2) is 9.08. The molecule has 0 aliphatic heterocycles. The Balaban J connectivity index is 1.82. The van der Waals surface area contributed by atoms with Gasteiger partial charge in [-0.3, -0.25) is 0 Å². The van der Waals surface area contributed by atoms with Crippen LogP contribution in [0.5, 0.6) is 5.75 Å². The molecule has 1 heterocycles. The van der Waals surface area contributed by atoms with Crippen LogP contribution in [0, 0.1) is 0 Å². The molecule has 8 heteroatoms. The summed E-state index contributed by atoms with van der Waals surface area (Å²) in [6.45, 7) is 3.72. The number of fused-ring (bicyclic) bond motifs is 1. The van der Waals surface area contributed by atoms with E-state index in [9.17, 15) is 4.79 Å². The Labute approximate surface area is 184 Å². The predicted molar refractivity (Wildman–Crippen MR) is 118 cm³/mol. The highest BCUT2D eigenvalue weighted by molar-refractivity contribution is 6.43. The first-order chi connectivity index (χ1) is 13.8. The molecule has 0 fully saturated rings. The molecule has 0 saturated heterocycles. The van der Waals surface area contributed by atoms with E-state index in [1.807, 2.05) is 30.1 Å². The Morgan fingerprint density at radius 3 is 2.41 bits per heavy atom. The van der Waals surface area contributed by atoms with Crippen LogP contribution >= 0.6 is 34.8 Å². The summed E-state index contributed by atoms with van der Waals surface area (Å²) in [5.74, 6) is 0.811. The van der Waals surface area contributed by atoms with E-state index in [0.29, 0.717) is 33.4 Å². The molecule has 2 aromatic carbocycles. The second-order valence-electron chi connectivity index (χ2n) is 6.32. The molecule has 0 spiro atoms. The van der Waals surface area contributed by atoms with Crippen LogP contribution in [0.2, 0.25) is 15.2 Å². The number of hydrogen-bond donors (Lipinski definition) is 0. The Hall–Kier alpha value is -2.21. The Morgan fingerprint density at radius 2 is 1.76 bits per heavy atom. The van der Waals surface area contributed by atoms with Gasteiger partial charge in [-0.05, 0) is 61.7 Å². The van der Waals surface area contributed by atoms with Crippen LogP contribution < -0.4 is 9.64 Å². The summed E-state index contributed by atoms with van der Waals surface area (Å²) in [5, 5.41) is 2.79. The van der Waals surface area contributed by atoms with E-state index in [1.54, 1.807) is 38.1 Å². The number of ether oxygens (including phenoxy) is 2. The monoisotopic (exact) mass is 452 g/mol. The van der Waals surface area contributed by atoms with Gasteiger partial charge in [0, 0.05) is 18.1 Å². The molecule has 152 valence electrons. The SMILES string of the molecule is CCOC(=O)C(C)Oc1ccc(N(C)c2cc3cc(Cl)c(Cl)cc3c(Cl)n2)cc1. The van der Waals surface area contributed by atoms with Crippen molar-refractivity contribution in [3.63, 3.8) is 0 Å². The third-order valence-corrected chi connectivity index (χ3v) is 5.32. The number of carbonyl (C=O) groups excluding carboxylic acids is 1. The molecule has 3 aromatic rings. The number of rotatable bonds is 6. The molecule has 1 aromatic heterocycles. The van der Waals surface area contributed by atoms with Gasteiger partial charge in [0.05, 0.1) is 16.7 Å². The number of pyridine rings is 1. The molecule has 3 rings (SSSR count). The predicted octanol–water partition coefficient (Wildman–Crippen LogP) is 6.29. The third kappa shape index (κ3) is 4.86. The van der Waals surface area contributed by atoms with Gasteiger partial charge in [-0.1, -0.05) is 34.8 Å². The first kappa shape index (κ1) is 21.5. The minimum absolute atomic E-state index is 0.314. The van der Waals surface area contributed by atoms with Crippen molar-refractivity contribution < 1.29 is 14.3 Å². The van der Waals surface area contributed by atoms with E-state index >= 15 is 0 Å². The lowest BCUT2D eigenvalue weighted by molar-refractivity contribution is -0.150. The van der Waals surface area contributed by atoms with Gasteiger partial charge >= 0.3 is 5.97 Å². The van der Waals surface area contributed by atoms with Crippen molar-refractivity contribution in [3.05, 3.63) is 57.7 Å². The highest BCUT2D eigenvalue weighted by atomic mass is 35.5. The van der Waals surface area contributed by atoms with Crippen molar-refractivity contribution in [1.29, 1.82) is 0 Å². The smallest absolute Gasteiger partial charge is 0.347 e. The van der Waals surface area contributed by atoms with Crippen molar-refractivity contribution in [2.75, 3.05) is 18.6 Å². The molecule has 5 nitrogen and oxygen atoms in total. The maximum Gasteiger partial charge on any atom is 0.347 e. The molecular weight excluding hydrogens is 435 g/mol. The summed E-state index contributed by atoms with van der Waals surface area (Å²) in [6, 6.07) is 12.6. The fraction of sp³-hybridized carbons (Fsp3) is 0.238. The van der Waals surface area contributed by atoms with Crippen LogP contribution in [0.15, 0.2) is 42.5 Å². The third-order valence-electron chi connectivity index (χ3n) is 4.31. The molecule has 29 heavy (non-hydrogen) atoms. The lowest BCUT2D eigenvalue weighted by atomic mass is 10.1. The lowest BCUT2D eigenvalue weighted by Gasteiger charge is -2.20. The van der Waals surface area contributed by atoms with Gasteiger partial charge in [0.2, 0.25) is 0 Å². The van der Waals surface area contributed by atoms with Crippen LogP contribution in [-0.4, -0.2) is 30.7 Å². The molecular formula is C21H19Cl3N2O3.